The van der Waals surface area contributed by atoms with Gasteiger partial charge in [0.1, 0.15) is 23.2 Å². The van der Waals surface area contributed by atoms with Crippen LogP contribution in [0.1, 0.15) is 18.3 Å². The first kappa shape index (κ1) is 17.7. The fourth-order valence-corrected chi connectivity index (χ4v) is 2.70. The van der Waals surface area contributed by atoms with Gasteiger partial charge < -0.3 is 15.0 Å². The minimum absolute atomic E-state index is 0.662. The van der Waals surface area contributed by atoms with Crippen LogP contribution in [-0.2, 0) is 6.54 Å². The molecule has 0 aliphatic heterocycles. The Balaban J connectivity index is 1.74. The SMILES string of the molecule is CCOc1ccc(Nc2cc(N(C)Cc3ccccc3)nc(C)n2)cc1. The molecule has 0 radical (unpaired) electrons. The Labute approximate surface area is 154 Å². The summed E-state index contributed by atoms with van der Waals surface area (Å²) in [6.45, 7) is 5.33. The molecular formula is C21H24N4O. The molecule has 0 saturated carbocycles. The average Bonchev–Trinajstić information content (AvgIpc) is 2.64. The summed E-state index contributed by atoms with van der Waals surface area (Å²) in [6.07, 6.45) is 0. The average molecular weight is 348 g/mol. The highest BCUT2D eigenvalue weighted by Gasteiger charge is 2.08. The Hall–Kier alpha value is -3.08. The highest BCUT2D eigenvalue weighted by Crippen LogP contribution is 2.22. The van der Waals surface area contributed by atoms with Crippen molar-refractivity contribution in [2.24, 2.45) is 0 Å². The third kappa shape index (κ3) is 4.72. The van der Waals surface area contributed by atoms with E-state index in [1.807, 2.05) is 69.4 Å². The molecule has 2 aromatic carbocycles. The zero-order valence-corrected chi connectivity index (χ0v) is 15.4. The van der Waals surface area contributed by atoms with Crippen molar-refractivity contribution in [3.05, 3.63) is 72.1 Å². The van der Waals surface area contributed by atoms with E-state index in [0.717, 1.165) is 35.4 Å². The lowest BCUT2D eigenvalue weighted by Crippen LogP contribution is -2.18. The van der Waals surface area contributed by atoms with E-state index >= 15 is 0 Å². The number of hydrogen-bond donors (Lipinski definition) is 1. The van der Waals surface area contributed by atoms with E-state index in [0.29, 0.717) is 6.61 Å². The molecule has 3 aromatic rings. The van der Waals surface area contributed by atoms with Crippen molar-refractivity contribution in [2.45, 2.75) is 20.4 Å². The standard InChI is InChI=1S/C21H24N4O/c1-4-26-19-12-10-18(11-13-19)24-20-14-21(23-16(2)22-20)25(3)15-17-8-6-5-7-9-17/h5-14H,4,15H2,1-3H3,(H,22,23,24). The summed E-state index contributed by atoms with van der Waals surface area (Å²) < 4.78 is 5.48. The minimum atomic E-state index is 0.662. The molecule has 1 heterocycles. The van der Waals surface area contributed by atoms with Crippen molar-refractivity contribution in [3.8, 4) is 5.75 Å². The van der Waals surface area contributed by atoms with Crippen molar-refractivity contribution in [1.82, 2.24) is 9.97 Å². The van der Waals surface area contributed by atoms with Gasteiger partial charge in [0.05, 0.1) is 6.61 Å². The molecule has 26 heavy (non-hydrogen) atoms. The van der Waals surface area contributed by atoms with E-state index in [9.17, 15) is 0 Å². The lowest BCUT2D eigenvalue weighted by Gasteiger charge is -2.19. The molecule has 0 aliphatic rings. The maximum atomic E-state index is 5.48. The fourth-order valence-electron chi connectivity index (χ4n) is 2.70. The van der Waals surface area contributed by atoms with Crippen molar-refractivity contribution in [1.29, 1.82) is 0 Å². The predicted octanol–water partition coefficient (Wildman–Crippen LogP) is 4.56. The molecule has 0 aliphatic carbocycles. The van der Waals surface area contributed by atoms with Crippen LogP contribution in [0.25, 0.3) is 0 Å². The number of nitrogens with zero attached hydrogens (tertiary/aromatic N) is 3. The zero-order valence-electron chi connectivity index (χ0n) is 15.4. The van der Waals surface area contributed by atoms with E-state index in [1.165, 1.54) is 5.56 Å². The van der Waals surface area contributed by atoms with Gasteiger partial charge in [0.15, 0.2) is 0 Å². The molecule has 1 N–H and O–H groups in total. The van der Waals surface area contributed by atoms with Gasteiger partial charge in [-0.1, -0.05) is 30.3 Å². The van der Waals surface area contributed by atoms with Crippen LogP contribution in [0.4, 0.5) is 17.3 Å². The molecular weight excluding hydrogens is 324 g/mol. The molecule has 1 aromatic heterocycles. The molecule has 0 atom stereocenters. The van der Waals surface area contributed by atoms with Crippen LogP contribution in [0.5, 0.6) is 5.75 Å². The van der Waals surface area contributed by atoms with E-state index in [2.05, 4.69) is 32.3 Å². The number of ether oxygens (including phenoxy) is 1. The molecule has 0 spiro atoms. The second-order valence-electron chi connectivity index (χ2n) is 6.08. The second-order valence-corrected chi connectivity index (χ2v) is 6.08. The molecule has 0 bridgehead atoms. The number of aryl methyl sites for hydroxylation is 1. The highest BCUT2D eigenvalue weighted by molar-refractivity contribution is 5.60. The van der Waals surface area contributed by atoms with E-state index in [4.69, 9.17) is 4.74 Å². The third-order valence-corrected chi connectivity index (χ3v) is 3.92. The quantitative estimate of drug-likeness (QED) is 0.678. The minimum Gasteiger partial charge on any atom is -0.494 e. The van der Waals surface area contributed by atoms with Crippen LogP contribution in [0, 0.1) is 6.92 Å². The van der Waals surface area contributed by atoms with Crippen molar-refractivity contribution in [3.63, 3.8) is 0 Å². The first-order valence-corrected chi connectivity index (χ1v) is 8.74. The molecule has 3 rings (SSSR count). The van der Waals surface area contributed by atoms with Crippen molar-refractivity contribution >= 4 is 17.3 Å². The normalized spacial score (nSPS) is 10.4. The van der Waals surface area contributed by atoms with Gasteiger partial charge in [-0.05, 0) is 43.7 Å². The summed E-state index contributed by atoms with van der Waals surface area (Å²) in [7, 11) is 2.04. The van der Waals surface area contributed by atoms with E-state index < -0.39 is 0 Å². The largest absolute Gasteiger partial charge is 0.494 e. The molecule has 5 heteroatoms. The van der Waals surface area contributed by atoms with Gasteiger partial charge in [-0.3, -0.25) is 0 Å². The number of benzene rings is 2. The number of hydrogen-bond acceptors (Lipinski definition) is 5. The molecule has 0 amide bonds. The summed E-state index contributed by atoms with van der Waals surface area (Å²) in [4.78, 5) is 11.2. The molecule has 5 nitrogen and oxygen atoms in total. The van der Waals surface area contributed by atoms with Crippen LogP contribution in [0.3, 0.4) is 0 Å². The second kappa shape index (κ2) is 8.34. The maximum absolute atomic E-state index is 5.48. The Bertz CT molecular complexity index is 834. The fraction of sp³-hybridized carbons (Fsp3) is 0.238. The Morgan fingerprint density at radius 2 is 1.73 bits per heavy atom. The summed E-state index contributed by atoms with van der Waals surface area (Å²) >= 11 is 0. The van der Waals surface area contributed by atoms with Crippen molar-refractivity contribution < 1.29 is 4.74 Å². The number of aromatic nitrogens is 2. The van der Waals surface area contributed by atoms with Crippen LogP contribution in [0.15, 0.2) is 60.7 Å². The highest BCUT2D eigenvalue weighted by atomic mass is 16.5. The van der Waals surface area contributed by atoms with E-state index in [1.54, 1.807) is 0 Å². The summed E-state index contributed by atoms with van der Waals surface area (Å²) in [5.74, 6) is 3.25. The third-order valence-electron chi connectivity index (χ3n) is 3.92. The van der Waals surface area contributed by atoms with Gasteiger partial charge in [-0.2, -0.15) is 0 Å². The number of rotatable bonds is 7. The van der Waals surface area contributed by atoms with Gasteiger partial charge in [0.2, 0.25) is 0 Å². The molecule has 0 unspecified atom stereocenters. The zero-order chi connectivity index (χ0) is 18.4. The van der Waals surface area contributed by atoms with Gasteiger partial charge >= 0.3 is 0 Å². The maximum Gasteiger partial charge on any atom is 0.136 e. The molecule has 134 valence electrons. The van der Waals surface area contributed by atoms with Gasteiger partial charge in [-0.15, -0.1) is 0 Å². The van der Waals surface area contributed by atoms with Crippen LogP contribution in [-0.4, -0.2) is 23.6 Å². The van der Waals surface area contributed by atoms with Crippen LogP contribution < -0.4 is 15.0 Å². The van der Waals surface area contributed by atoms with E-state index in [-0.39, 0.29) is 0 Å². The van der Waals surface area contributed by atoms with Crippen molar-refractivity contribution in [2.75, 3.05) is 23.9 Å². The molecule has 0 saturated heterocycles. The number of nitrogens with one attached hydrogen (secondary N) is 1. The monoisotopic (exact) mass is 348 g/mol. The van der Waals surface area contributed by atoms with Gasteiger partial charge in [0, 0.05) is 25.3 Å². The summed E-state index contributed by atoms with van der Waals surface area (Å²) in [5.41, 5.74) is 2.20. The Kier molecular flexibility index (Phi) is 5.69. The lowest BCUT2D eigenvalue weighted by atomic mass is 10.2. The summed E-state index contributed by atoms with van der Waals surface area (Å²) in [5, 5.41) is 3.34. The Morgan fingerprint density at radius 3 is 2.42 bits per heavy atom. The Morgan fingerprint density at radius 1 is 1.00 bits per heavy atom. The first-order chi connectivity index (χ1) is 12.6. The molecule has 0 fully saturated rings. The topological polar surface area (TPSA) is 50.3 Å². The van der Waals surface area contributed by atoms with Gasteiger partial charge in [-0.25, -0.2) is 9.97 Å². The summed E-state index contributed by atoms with van der Waals surface area (Å²) in [6, 6.07) is 20.2. The lowest BCUT2D eigenvalue weighted by molar-refractivity contribution is 0.340. The smallest absolute Gasteiger partial charge is 0.136 e. The predicted molar refractivity (Wildman–Crippen MR) is 106 cm³/mol. The first-order valence-electron chi connectivity index (χ1n) is 8.74. The van der Waals surface area contributed by atoms with Crippen LogP contribution in [0.2, 0.25) is 0 Å². The number of anilines is 3. The van der Waals surface area contributed by atoms with Crippen LogP contribution >= 0.6 is 0 Å². The van der Waals surface area contributed by atoms with Gasteiger partial charge in [0.25, 0.3) is 0 Å².